The van der Waals surface area contributed by atoms with Gasteiger partial charge in [0.25, 0.3) is 5.91 Å². The average Bonchev–Trinajstić information content (AvgIpc) is 2.71. The van der Waals surface area contributed by atoms with Gasteiger partial charge in [0.05, 0.1) is 40.7 Å². The van der Waals surface area contributed by atoms with E-state index < -0.39 is 11.8 Å². The first-order valence-corrected chi connectivity index (χ1v) is 8.91. The Bertz CT molecular complexity index is 878. The lowest BCUT2D eigenvalue weighted by atomic mass is 10.1. The molecule has 0 aliphatic carbocycles. The van der Waals surface area contributed by atoms with Crippen molar-refractivity contribution >= 4 is 29.1 Å². The monoisotopic (exact) mass is 422 g/mol. The predicted octanol–water partition coefficient (Wildman–Crippen LogP) is 3.09. The number of nitrogens with zero attached hydrogens (tertiary/aromatic N) is 1. The van der Waals surface area contributed by atoms with Crippen LogP contribution in [-0.2, 0) is 4.79 Å². The van der Waals surface area contributed by atoms with Gasteiger partial charge in [-0.1, -0.05) is 11.6 Å². The zero-order chi connectivity index (χ0) is 21.6. The summed E-state index contributed by atoms with van der Waals surface area (Å²) in [6.07, 6.45) is 0. The SMILES string of the molecule is COc1ccc(Cl)cc1NC(=O)CN(C)C(=O)c1cc(OC)c(OC)c(OC)c1. The van der Waals surface area contributed by atoms with Crippen LogP contribution in [0.15, 0.2) is 30.3 Å². The third-order valence-corrected chi connectivity index (χ3v) is 4.31. The molecule has 2 amide bonds. The van der Waals surface area contributed by atoms with Crippen LogP contribution in [0.2, 0.25) is 5.02 Å². The molecule has 0 saturated carbocycles. The van der Waals surface area contributed by atoms with Gasteiger partial charge in [0.15, 0.2) is 11.5 Å². The number of carbonyl (C=O) groups excluding carboxylic acids is 2. The Morgan fingerprint density at radius 1 is 0.931 bits per heavy atom. The van der Waals surface area contributed by atoms with Crippen LogP contribution in [0.1, 0.15) is 10.4 Å². The lowest BCUT2D eigenvalue weighted by molar-refractivity contribution is -0.116. The minimum atomic E-state index is -0.408. The van der Waals surface area contributed by atoms with Gasteiger partial charge < -0.3 is 29.2 Å². The number of rotatable bonds is 8. The molecule has 8 nitrogen and oxygen atoms in total. The topological polar surface area (TPSA) is 86.3 Å². The fourth-order valence-electron chi connectivity index (χ4n) is 2.68. The maximum absolute atomic E-state index is 12.8. The van der Waals surface area contributed by atoms with E-state index in [2.05, 4.69) is 5.32 Å². The van der Waals surface area contributed by atoms with Crippen LogP contribution in [0.25, 0.3) is 0 Å². The van der Waals surface area contributed by atoms with Gasteiger partial charge in [0, 0.05) is 17.6 Å². The number of amides is 2. The van der Waals surface area contributed by atoms with Crippen LogP contribution in [0.5, 0.6) is 23.0 Å². The summed E-state index contributed by atoms with van der Waals surface area (Å²) in [5.41, 5.74) is 0.703. The number of hydrogen-bond acceptors (Lipinski definition) is 6. The normalized spacial score (nSPS) is 10.1. The lowest BCUT2D eigenvalue weighted by Gasteiger charge is -2.19. The van der Waals surface area contributed by atoms with Crippen molar-refractivity contribution in [1.82, 2.24) is 4.90 Å². The third kappa shape index (κ3) is 5.23. The third-order valence-electron chi connectivity index (χ3n) is 4.07. The lowest BCUT2D eigenvalue weighted by Crippen LogP contribution is -2.35. The van der Waals surface area contributed by atoms with Gasteiger partial charge in [-0.3, -0.25) is 9.59 Å². The summed E-state index contributed by atoms with van der Waals surface area (Å²) in [6, 6.07) is 7.91. The summed E-state index contributed by atoms with van der Waals surface area (Å²) >= 11 is 5.97. The molecule has 0 fully saturated rings. The summed E-state index contributed by atoms with van der Waals surface area (Å²) in [7, 11) is 7.39. The van der Waals surface area contributed by atoms with Crippen LogP contribution in [0, 0.1) is 0 Å². The molecule has 2 aromatic carbocycles. The summed E-state index contributed by atoms with van der Waals surface area (Å²) in [6.45, 7) is -0.189. The van der Waals surface area contributed by atoms with Crippen molar-refractivity contribution in [2.75, 3.05) is 47.3 Å². The van der Waals surface area contributed by atoms with E-state index in [1.54, 1.807) is 18.2 Å². The van der Waals surface area contributed by atoms with Crippen molar-refractivity contribution < 1.29 is 28.5 Å². The maximum Gasteiger partial charge on any atom is 0.254 e. The van der Waals surface area contributed by atoms with E-state index in [-0.39, 0.29) is 12.1 Å². The van der Waals surface area contributed by atoms with Gasteiger partial charge >= 0.3 is 0 Å². The van der Waals surface area contributed by atoms with Crippen LogP contribution in [0.3, 0.4) is 0 Å². The molecule has 0 spiro atoms. The Hall–Kier alpha value is -3.13. The second-order valence-corrected chi connectivity index (χ2v) is 6.40. The molecule has 2 aromatic rings. The van der Waals surface area contributed by atoms with Gasteiger partial charge in [-0.25, -0.2) is 0 Å². The highest BCUT2D eigenvalue weighted by Gasteiger charge is 2.21. The van der Waals surface area contributed by atoms with Crippen LogP contribution in [0.4, 0.5) is 5.69 Å². The molecule has 0 atom stereocenters. The van der Waals surface area contributed by atoms with E-state index >= 15 is 0 Å². The Kier molecular flexibility index (Phi) is 7.55. The second-order valence-electron chi connectivity index (χ2n) is 5.97. The van der Waals surface area contributed by atoms with E-state index in [1.165, 1.54) is 52.5 Å². The Morgan fingerprint density at radius 3 is 2.03 bits per heavy atom. The Morgan fingerprint density at radius 2 is 1.52 bits per heavy atom. The van der Waals surface area contributed by atoms with Crippen LogP contribution in [-0.4, -0.2) is 58.7 Å². The van der Waals surface area contributed by atoms with Crippen LogP contribution < -0.4 is 24.3 Å². The first kappa shape index (κ1) is 22.2. The first-order valence-electron chi connectivity index (χ1n) is 8.53. The van der Waals surface area contributed by atoms with E-state index in [0.29, 0.717) is 33.7 Å². The number of halogens is 1. The summed E-state index contributed by atoms with van der Waals surface area (Å²) in [4.78, 5) is 26.5. The molecule has 29 heavy (non-hydrogen) atoms. The standard InChI is InChI=1S/C20H23ClN2O6/c1-23(11-18(24)22-14-10-13(21)6-7-15(14)26-2)20(25)12-8-16(27-3)19(29-5)17(9-12)28-4/h6-10H,11H2,1-5H3,(H,22,24). The number of ether oxygens (including phenoxy) is 4. The predicted molar refractivity (Wildman–Crippen MR) is 110 cm³/mol. The molecule has 2 rings (SSSR count). The van der Waals surface area contributed by atoms with E-state index in [1.807, 2.05) is 0 Å². The highest BCUT2D eigenvalue weighted by atomic mass is 35.5. The molecule has 0 saturated heterocycles. The number of carbonyl (C=O) groups is 2. The van der Waals surface area contributed by atoms with E-state index in [9.17, 15) is 9.59 Å². The fourth-order valence-corrected chi connectivity index (χ4v) is 2.85. The Labute approximate surface area is 174 Å². The fraction of sp³-hybridized carbons (Fsp3) is 0.300. The van der Waals surface area contributed by atoms with Crippen molar-refractivity contribution in [1.29, 1.82) is 0 Å². The highest BCUT2D eigenvalue weighted by molar-refractivity contribution is 6.31. The number of nitrogens with one attached hydrogen (secondary N) is 1. The molecular weight excluding hydrogens is 400 g/mol. The number of likely N-dealkylation sites (N-methyl/N-ethyl adjacent to an activating group) is 1. The van der Waals surface area contributed by atoms with Crippen molar-refractivity contribution in [2.45, 2.75) is 0 Å². The summed E-state index contributed by atoms with van der Waals surface area (Å²) in [5.74, 6) is 0.723. The van der Waals surface area contributed by atoms with Crippen molar-refractivity contribution in [3.05, 3.63) is 40.9 Å². The Balaban J connectivity index is 2.16. The van der Waals surface area contributed by atoms with Crippen molar-refractivity contribution in [2.24, 2.45) is 0 Å². The van der Waals surface area contributed by atoms with Crippen molar-refractivity contribution in [3.8, 4) is 23.0 Å². The minimum absolute atomic E-state index is 0.189. The number of methoxy groups -OCH3 is 4. The number of hydrogen-bond donors (Lipinski definition) is 1. The van der Waals surface area contributed by atoms with Crippen LogP contribution >= 0.6 is 11.6 Å². The summed E-state index contributed by atoms with van der Waals surface area (Å²) < 4.78 is 21.0. The first-order chi connectivity index (χ1) is 13.8. The second kappa shape index (κ2) is 9.88. The molecular formula is C20H23ClN2O6. The summed E-state index contributed by atoms with van der Waals surface area (Å²) in [5, 5.41) is 3.14. The van der Waals surface area contributed by atoms with E-state index in [0.717, 1.165) is 0 Å². The van der Waals surface area contributed by atoms with E-state index in [4.69, 9.17) is 30.5 Å². The minimum Gasteiger partial charge on any atom is -0.495 e. The maximum atomic E-state index is 12.8. The van der Waals surface area contributed by atoms with Gasteiger partial charge in [-0.2, -0.15) is 0 Å². The molecule has 1 N–H and O–H groups in total. The molecule has 0 aromatic heterocycles. The van der Waals surface area contributed by atoms with Gasteiger partial charge in [0.1, 0.15) is 5.75 Å². The molecule has 0 unspecified atom stereocenters. The zero-order valence-corrected chi connectivity index (χ0v) is 17.6. The number of benzene rings is 2. The average molecular weight is 423 g/mol. The van der Waals surface area contributed by atoms with Gasteiger partial charge in [-0.15, -0.1) is 0 Å². The molecule has 0 radical (unpaired) electrons. The molecule has 0 aliphatic rings. The highest BCUT2D eigenvalue weighted by Crippen LogP contribution is 2.38. The van der Waals surface area contributed by atoms with Gasteiger partial charge in [-0.05, 0) is 30.3 Å². The zero-order valence-electron chi connectivity index (χ0n) is 16.9. The molecule has 0 aliphatic heterocycles. The number of anilines is 1. The molecule has 0 heterocycles. The largest absolute Gasteiger partial charge is 0.495 e. The quantitative estimate of drug-likeness (QED) is 0.703. The van der Waals surface area contributed by atoms with Gasteiger partial charge in [0.2, 0.25) is 11.7 Å². The molecule has 0 bridgehead atoms. The molecule has 9 heteroatoms. The smallest absolute Gasteiger partial charge is 0.254 e. The van der Waals surface area contributed by atoms with Crippen molar-refractivity contribution in [3.63, 3.8) is 0 Å². The molecule has 156 valence electrons.